The molecule has 0 saturated carbocycles. The Bertz CT molecular complexity index is 1390. The van der Waals surface area contributed by atoms with Crippen molar-refractivity contribution in [3.05, 3.63) is 96.1 Å². The van der Waals surface area contributed by atoms with E-state index in [2.05, 4.69) is 106 Å². The third-order valence-electron chi connectivity index (χ3n) is 10.9. The number of benzene rings is 2. The molecule has 284 valence electrons. The fraction of sp³-hybridized carbons (Fsp3) is 0.591. The van der Waals surface area contributed by atoms with Crippen LogP contribution in [-0.2, 0) is 25.2 Å². The summed E-state index contributed by atoms with van der Waals surface area (Å²) in [5.74, 6) is 2.76. The lowest BCUT2D eigenvalue weighted by atomic mass is 9.80. The Morgan fingerprint density at radius 1 is 0.902 bits per heavy atom. The summed E-state index contributed by atoms with van der Waals surface area (Å²) in [6.07, 6.45) is 8.98. The van der Waals surface area contributed by atoms with Crippen molar-refractivity contribution >= 4 is 8.32 Å². The fourth-order valence-corrected chi connectivity index (χ4v) is 8.44. The van der Waals surface area contributed by atoms with Gasteiger partial charge in [0, 0.05) is 23.3 Å². The van der Waals surface area contributed by atoms with Crippen molar-refractivity contribution in [3.8, 4) is 11.5 Å². The Labute approximate surface area is 311 Å². The lowest BCUT2D eigenvalue weighted by Crippen LogP contribution is -2.48. The highest BCUT2D eigenvalue weighted by molar-refractivity contribution is 6.74. The zero-order valence-corrected chi connectivity index (χ0v) is 34.9. The zero-order valence-electron chi connectivity index (χ0n) is 33.9. The number of ether oxygens (including phenoxy) is 5. The SMILES string of the molecule is C=C/C=C\[C@H](C)[C@@H]1O[C@H](c2ccc(OC)cc2)O[C@H]([C@@H](C)C/C(C)=C\[C@H](C)[C@@H](O[Si](C)(C)C(C)(C)C)[C@H](C)COCc2ccc(OC)cc2)[C@H]1C. The Balaban J connectivity index is 1.80. The Morgan fingerprint density at radius 3 is 2.02 bits per heavy atom. The van der Waals surface area contributed by atoms with Gasteiger partial charge in [0.15, 0.2) is 14.6 Å². The molecule has 0 amide bonds. The average Bonchev–Trinajstić information content (AvgIpc) is 3.09. The predicted molar refractivity (Wildman–Crippen MR) is 214 cm³/mol. The zero-order chi connectivity index (χ0) is 37.9. The smallest absolute Gasteiger partial charge is 0.192 e. The molecule has 0 aromatic heterocycles. The van der Waals surface area contributed by atoms with Gasteiger partial charge in [-0.15, -0.1) is 0 Å². The van der Waals surface area contributed by atoms with Gasteiger partial charge in [-0.2, -0.15) is 0 Å². The summed E-state index contributed by atoms with van der Waals surface area (Å²) in [7, 11) is 1.32. The predicted octanol–water partition coefficient (Wildman–Crippen LogP) is 11.4. The Morgan fingerprint density at radius 2 is 1.47 bits per heavy atom. The molecular formula is C44H68O6Si. The van der Waals surface area contributed by atoms with E-state index >= 15 is 0 Å². The summed E-state index contributed by atoms with van der Waals surface area (Å²) < 4.78 is 37.7. The van der Waals surface area contributed by atoms with Crippen LogP contribution in [0.5, 0.6) is 11.5 Å². The summed E-state index contributed by atoms with van der Waals surface area (Å²) in [5.41, 5.74) is 3.49. The van der Waals surface area contributed by atoms with Crippen LogP contribution in [0.3, 0.4) is 0 Å². The van der Waals surface area contributed by atoms with Crippen molar-refractivity contribution in [2.75, 3.05) is 20.8 Å². The molecule has 1 saturated heterocycles. The van der Waals surface area contributed by atoms with Gasteiger partial charge in [0.25, 0.3) is 0 Å². The van der Waals surface area contributed by atoms with Crippen LogP contribution in [0.2, 0.25) is 18.1 Å². The van der Waals surface area contributed by atoms with Gasteiger partial charge in [-0.3, -0.25) is 0 Å². The van der Waals surface area contributed by atoms with Gasteiger partial charge in [-0.1, -0.05) is 116 Å². The molecule has 1 heterocycles. The minimum Gasteiger partial charge on any atom is -0.497 e. The molecule has 2 aromatic rings. The summed E-state index contributed by atoms with van der Waals surface area (Å²) in [6.45, 7) is 30.3. The quantitative estimate of drug-likeness (QED) is 0.0868. The molecular weight excluding hydrogens is 653 g/mol. The molecule has 9 atom stereocenters. The number of rotatable bonds is 18. The van der Waals surface area contributed by atoms with E-state index in [-0.39, 0.29) is 52.9 Å². The van der Waals surface area contributed by atoms with Gasteiger partial charge in [-0.05, 0) is 73.1 Å². The van der Waals surface area contributed by atoms with E-state index in [1.165, 1.54) is 5.57 Å². The summed E-state index contributed by atoms with van der Waals surface area (Å²) in [6, 6.07) is 16.1. The van der Waals surface area contributed by atoms with Crippen molar-refractivity contribution in [2.45, 2.75) is 118 Å². The molecule has 1 aliphatic heterocycles. The molecule has 0 unspecified atom stereocenters. The van der Waals surface area contributed by atoms with Crippen LogP contribution >= 0.6 is 0 Å². The maximum absolute atomic E-state index is 7.18. The van der Waals surface area contributed by atoms with Crippen LogP contribution in [-0.4, -0.2) is 47.5 Å². The molecule has 1 aliphatic rings. The standard InChI is InChI=1S/C44H68O6Si/c1-15-16-17-31(3)41-35(7)42(49-43(48-41)37-20-24-39(46-12)25-21-37)33(5)27-30(2)26-32(4)40(50-51(13,14)44(8,9)10)34(6)28-47-29-36-18-22-38(45-11)23-19-36/h15-26,31-35,40-43H,1,27-29H2,2-14H3/b17-16-,30-26-/t31-,32-,33-,34+,35-,40+,41-,42+,43-/m0/s1. The van der Waals surface area contributed by atoms with Crippen LogP contribution in [0.1, 0.15) is 86.2 Å². The summed E-state index contributed by atoms with van der Waals surface area (Å²) >= 11 is 0. The number of allylic oxidation sites excluding steroid dienone is 3. The van der Waals surface area contributed by atoms with Crippen molar-refractivity contribution in [1.29, 1.82) is 0 Å². The molecule has 2 aromatic carbocycles. The highest BCUT2D eigenvalue weighted by Gasteiger charge is 2.43. The molecule has 0 spiro atoms. The highest BCUT2D eigenvalue weighted by atomic mass is 28.4. The van der Waals surface area contributed by atoms with E-state index in [0.29, 0.717) is 13.2 Å². The second-order valence-corrected chi connectivity index (χ2v) is 21.1. The molecule has 0 N–H and O–H groups in total. The molecule has 3 rings (SSSR count). The van der Waals surface area contributed by atoms with Crippen molar-refractivity contribution < 1.29 is 28.1 Å². The minimum atomic E-state index is -2.05. The van der Waals surface area contributed by atoms with Crippen LogP contribution < -0.4 is 9.47 Å². The largest absolute Gasteiger partial charge is 0.497 e. The monoisotopic (exact) mass is 720 g/mol. The molecule has 0 radical (unpaired) electrons. The summed E-state index contributed by atoms with van der Waals surface area (Å²) in [5, 5.41) is 0.105. The summed E-state index contributed by atoms with van der Waals surface area (Å²) in [4.78, 5) is 0. The van der Waals surface area contributed by atoms with Gasteiger partial charge in [-0.25, -0.2) is 0 Å². The molecule has 0 bridgehead atoms. The van der Waals surface area contributed by atoms with Gasteiger partial charge in [0.1, 0.15) is 11.5 Å². The van der Waals surface area contributed by atoms with E-state index in [9.17, 15) is 0 Å². The van der Waals surface area contributed by atoms with Gasteiger partial charge in [0.05, 0.1) is 45.7 Å². The Hall–Kier alpha value is -2.68. The highest BCUT2D eigenvalue weighted by Crippen LogP contribution is 2.42. The van der Waals surface area contributed by atoms with E-state index < -0.39 is 14.6 Å². The van der Waals surface area contributed by atoms with E-state index in [1.54, 1.807) is 14.2 Å². The topological polar surface area (TPSA) is 55.4 Å². The van der Waals surface area contributed by atoms with E-state index in [4.69, 9.17) is 28.1 Å². The van der Waals surface area contributed by atoms with Crippen LogP contribution in [0, 0.1) is 29.6 Å². The van der Waals surface area contributed by atoms with Gasteiger partial charge in [0.2, 0.25) is 0 Å². The molecule has 51 heavy (non-hydrogen) atoms. The van der Waals surface area contributed by atoms with E-state index in [1.807, 2.05) is 48.6 Å². The molecule has 1 fully saturated rings. The van der Waals surface area contributed by atoms with Crippen LogP contribution in [0.15, 0.2) is 85.0 Å². The van der Waals surface area contributed by atoms with Gasteiger partial charge >= 0.3 is 0 Å². The van der Waals surface area contributed by atoms with Crippen molar-refractivity contribution in [2.24, 2.45) is 29.6 Å². The second kappa shape index (κ2) is 19.4. The van der Waals surface area contributed by atoms with Crippen molar-refractivity contribution in [3.63, 3.8) is 0 Å². The minimum absolute atomic E-state index is 0.00107. The first-order valence-corrected chi connectivity index (χ1v) is 21.7. The van der Waals surface area contributed by atoms with Crippen LogP contribution in [0.4, 0.5) is 0 Å². The third-order valence-corrected chi connectivity index (χ3v) is 15.4. The van der Waals surface area contributed by atoms with Crippen molar-refractivity contribution in [1.82, 2.24) is 0 Å². The average molecular weight is 721 g/mol. The number of methoxy groups -OCH3 is 2. The molecule has 6 nitrogen and oxygen atoms in total. The third kappa shape index (κ3) is 12.2. The maximum atomic E-state index is 7.18. The second-order valence-electron chi connectivity index (χ2n) is 16.4. The number of hydrogen-bond donors (Lipinski definition) is 0. The van der Waals surface area contributed by atoms with Gasteiger partial charge < -0.3 is 28.1 Å². The molecule has 7 heteroatoms. The lowest BCUT2D eigenvalue weighted by Gasteiger charge is -2.45. The first kappa shape index (κ1) is 42.7. The first-order chi connectivity index (χ1) is 24.0. The maximum Gasteiger partial charge on any atom is 0.192 e. The fourth-order valence-electron chi connectivity index (χ4n) is 6.96. The van der Waals surface area contributed by atoms with E-state index in [0.717, 1.165) is 29.0 Å². The lowest BCUT2D eigenvalue weighted by molar-refractivity contribution is -0.286. The number of hydrogen-bond acceptors (Lipinski definition) is 6. The van der Waals surface area contributed by atoms with Crippen LogP contribution in [0.25, 0.3) is 0 Å². The normalized spacial score (nSPS) is 23.4. The first-order valence-electron chi connectivity index (χ1n) is 18.8. The Kier molecular flexibility index (Phi) is 16.3. The molecule has 0 aliphatic carbocycles.